The van der Waals surface area contributed by atoms with E-state index in [1.54, 1.807) is 0 Å². The van der Waals surface area contributed by atoms with Gasteiger partial charge in [-0.2, -0.15) is 0 Å². The summed E-state index contributed by atoms with van der Waals surface area (Å²) in [6, 6.07) is 0. The van der Waals surface area contributed by atoms with Crippen LogP contribution in [0.1, 0.15) is 6.42 Å². The van der Waals surface area contributed by atoms with Gasteiger partial charge in [0, 0.05) is 12.4 Å². The minimum Gasteiger partial charge on any atom is -0.490 e. The van der Waals surface area contributed by atoms with Crippen LogP contribution < -0.4 is 10.5 Å². The van der Waals surface area contributed by atoms with Crippen LogP contribution in [-0.2, 0) is 0 Å². The van der Waals surface area contributed by atoms with Crippen LogP contribution in [0.5, 0.6) is 5.75 Å². The summed E-state index contributed by atoms with van der Waals surface area (Å²) in [7, 11) is 0. The Morgan fingerprint density at radius 2 is 1.92 bits per heavy atom. The van der Waals surface area contributed by atoms with E-state index in [9.17, 15) is 0 Å². The van der Waals surface area contributed by atoms with Gasteiger partial charge >= 0.3 is 0 Å². The van der Waals surface area contributed by atoms with E-state index in [2.05, 4.69) is 4.98 Å². The monoisotopic (exact) mass is 220 g/mol. The molecule has 5 heteroatoms. The fourth-order valence-corrected chi connectivity index (χ4v) is 1.27. The summed E-state index contributed by atoms with van der Waals surface area (Å²) in [6.07, 6.45) is 3.76. The Bertz CT molecular complexity index is 261. The van der Waals surface area contributed by atoms with E-state index < -0.39 is 0 Å². The highest BCUT2D eigenvalue weighted by Crippen LogP contribution is 2.31. The first kappa shape index (κ1) is 10.6. The Morgan fingerprint density at radius 1 is 1.31 bits per heavy atom. The average molecular weight is 221 g/mol. The van der Waals surface area contributed by atoms with Crippen LogP contribution in [0.25, 0.3) is 0 Å². The fourth-order valence-electron chi connectivity index (χ4n) is 0.795. The zero-order chi connectivity index (χ0) is 9.68. The normalized spacial score (nSPS) is 10.1. The van der Waals surface area contributed by atoms with E-state index in [-0.39, 0.29) is 0 Å². The molecule has 0 radical (unpaired) electrons. The summed E-state index contributed by atoms with van der Waals surface area (Å²) in [5, 5.41) is 0.842. The van der Waals surface area contributed by atoms with Crippen LogP contribution in [0.3, 0.4) is 0 Å². The quantitative estimate of drug-likeness (QED) is 0.792. The molecular weight excluding hydrogens is 211 g/mol. The number of hydrogen-bond acceptors (Lipinski definition) is 3. The minimum absolute atomic E-state index is 0.421. The van der Waals surface area contributed by atoms with Gasteiger partial charge in [0.05, 0.1) is 6.61 Å². The topological polar surface area (TPSA) is 48.1 Å². The van der Waals surface area contributed by atoms with Crippen molar-refractivity contribution in [3.05, 3.63) is 22.4 Å². The lowest BCUT2D eigenvalue weighted by Gasteiger charge is -2.07. The van der Waals surface area contributed by atoms with Crippen molar-refractivity contribution >= 4 is 23.2 Å². The molecule has 0 atom stereocenters. The predicted octanol–water partition coefficient (Wildman–Crippen LogP) is 2.12. The highest BCUT2D eigenvalue weighted by molar-refractivity contribution is 6.36. The van der Waals surface area contributed by atoms with Crippen molar-refractivity contribution in [1.82, 2.24) is 4.98 Å². The molecule has 2 N–H and O–H groups in total. The molecule has 0 aliphatic heterocycles. The number of ether oxygens (including phenoxy) is 1. The SMILES string of the molecule is NCCCOc1c(Cl)cncc1Cl. The Labute approximate surface area is 86.8 Å². The molecule has 72 valence electrons. The lowest BCUT2D eigenvalue weighted by atomic mass is 10.4. The number of hydrogen-bond donors (Lipinski definition) is 1. The summed E-state index contributed by atoms with van der Waals surface area (Å²) in [5.74, 6) is 0.479. The van der Waals surface area contributed by atoms with Crippen LogP contribution in [0.15, 0.2) is 12.4 Å². The van der Waals surface area contributed by atoms with Gasteiger partial charge in [0.15, 0.2) is 5.75 Å². The standard InChI is InChI=1S/C8H10Cl2N2O/c9-6-4-12-5-7(10)8(6)13-3-1-2-11/h4-5H,1-3,11H2. The number of halogens is 2. The largest absolute Gasteiger partial charge is 0.490 e. The van der Waals surface area contributed by atoms with Crippen molar-refractivity contribution < 1.29 is 4.74 Å². The van der Waals surface area contributed by atoms with Crippen molar-refractivity contribution in [2.24, 2.45) is 5.73 Å². The number of pyridine rings is 1. The first-order valence-corrected chi connectivity index (χ1v) is 4.63. The first-order valence-electron chi connectivity index (χ1n) is 3.87. The van der Waals surface area contributed by atoms with Gasteiger partial charge < -0.3 is 10.5 Å². The van der Waals surface area contributed by atoms with Crippen LogP contribution >= 0.6 is 23.2 Å². The minimum atomic E-state index is 0.421. The smallest absolute Gasteiger partial charge is 0.159 e. The summed E-state index contributed by atoms with van der Waals surface area (Å²) >= 11 is 11.6. The Morgan fingerprint density at radius 3 is 2.46 bits per heavy atom. The van der Waals surface area contributed by atoms with Crippen molar-refractivity contribution in [3.63, 3.8) is 0 Å². The summed E-state index contributed by atoms with van der Waals surface area (Å²) in [4.78, 5) is 3.80. The van der Waals surface area contributed by atoms with Gasteiger partial charge in [-0.1, -0.05) is 23.2 Å². The third kappa shape index (κ3) is 3.03. The third-order valence-corrected chi connectivity index (χ3v) is 1.94. The number of nitrogens with two attached hydrogens (primary N) is 1. The number of aromatic nitrogens is 1. The zero-order valence-corrected chi connectivity index (χ0v) is 8.48. The van der Waals surface area contributed by atoms with E-state index in [4.69, 9.17) is 33.7 Å². The third-order valence-electron chi connectivity index (χ3n) is 1.40. The Hall–Kier alpha value is -0.510. The van der Waals surface area contributed by atoms with Crippen LogP contribution in [0.2, 0.25) is 10.0 Å². The van der Waals surface area contributed by atoms with Crippen LogP contribution in [0.4, 0.5) is 0 Å². The van der Waals surface area contributed by atoms with Gasteiger partial charge in [0.1, 0.15) is 10.0 Å². The molecule has 0 fully saturated rings. The number of nitrogens with zero attached hydrogens (tertiary/aromatic N) is 1. The van der Waals surface area contributed by atoms with Gasteiger partial charge in [-0.05, 0) is 13.0 Å². The molecule has 0 aliphatic rings. The maximum absolute atomic E-state index is 5.81. The summed E-state index contributed by atoms with van der Waals surface area (Å²) in [6.45, 7) is 1.10. The molecular formula is C8H10Cl2N2O. The van der Waals surface area contributed by atoms with Crippen LogP contribution in [-0.4, -0.2) is 18.1 Å². The molecule has 1 aromatic rings. The van der Waals surface area contributed by atoms with Gasteiger partial charge in [0.2, 0.25) is 0 Å². The lowest BCUT2D eigenvalue weighted by Crippen LogP contribution is -2.06. The predicted molar refractivity (Wildman–Crippen MR) is 53.4 cm³/mol. The van der Waals surface area contributed by atoms with Crippen molar-refractivity contribution in [1.29, 1.82) is 0 Å². The summed E-state index contributed by atoms with van der Waals surface area (Å²) in [5.41, 5.74) is 5.31. The van der Waals surface area contributed by atoms with Gasteiger partial charge in [-0.3, -0.25) is 4.98 Å². The number of rotatable bonds is 4. The second kappa shape index (κ2) is 5.27. The molecule has 0 amide bonds. The Kier molecular flexibility index (Phi) is 4.28. The maximum Gasteiger partial charge on any atom is 0.159 e. The molecule has 1 aromatic heterocycles. The van der Waals surface area contributed by atoms with E-state index in [1.807, 2.05) is 0 Å². The first-order chi connectivity index (χ1) is 6.25. The van der Waals surface area contributed by atoms with E-state index >= 15 is 0 Å². The molecule has 0 aromatic carbocycles. The summed E-state index contributed by atoms with van der Waals surface area (Å²) < 4.78 is 5.32. The average Bonchev–Trinajstić information content (AvgIpc) is 2.10. The van der Waals surface area contributed by atoms with Gasteiger partial charge in [0.25, 0.3) is 0 Å². The molecule has 1 heterocycles. The van der Waals surface area contributed by atoms with Crippen molar-refractivity contribution in [2.45, 2.75) is 6.42 Å². The van der Waals surface area contributed by atoms with E-state index in [1.165, 1.54) is 12.4 Å². The molecule has 0 bridgehead atoms. The zero-order valence-electron chi connectivity index (χ0n) is 6.96. The Balaban J connectivity index is 2.64. The highest BCUT2D eigenvalue weighted by Gasteiger charge is 2.06. The molecule has 13 heavy (non-hydrogen) atoms. The molecule has 0 spiro atoms. The highest BCUT2D eigenvalue weighted by atomic mass is 35.5. The van der Waals surface area contributed by atoms with E-state index in [0.717, 1.165) is 6.42 Å². The van der Waals surface area contributed by atoms with Crippen molar-refractivity contribution in [3.8, 4) is 5.75 Å². The molecule has 0 aliphatic carbocycles. The molecule has 0 saturated carbocycles. The van der Waals surface area contributed by atoms with E-state index in [0.29, 0.717) is 28.9 Å². The molecule has 0 unspecified atom stereocenters. The molecule has 3 nitrogen and oxygen atoms in total. The fraction of sp³-hybridized carbons (Fsp3) is 0.375. The maximum atomic E-state index is 5.81. The van der Waals surface area contributed by atoms with Gasteiger partial charge in [-0.15, -0.1) is 0 Å². The second-order valence-corrected chi connectivity index (χ2v) is 3.24. The van der Waals surface area contributed by atoms with Crippen LogP contribution in [0, 0.1) is 0 Å². The van der Waals surface area contributed by atoms with Gasteiger partial charge in [-0.25, -0.2) is 0 Å². The molecule has 1 rings (SSSR count). The molecule has 0 saturated heterocycles. The lowest BCUT2D eigenvalue weighted by molar-refractivity contribution is 0.313. The van der Waals surface area contributed by atoms with Crippen molar-refractivity contribution in [2.75, 3.05) is 13.2 Å². The second-order valence-electron chi connectivity index (χ2n) is 2.42.